The van der Waals surface area contributed by atoms with Gasteiger partial charge >= 0.3 is 11.9 Å². The lowest BCUT2D eigenvalue weighted by molar-refractivity contribution is -0.159. The van der Waals surface area contributed by atoms with Gasteiger partial charge in [-0.25, -0.2) is 9.59 Å². The number of hydrogen-bond acceptors (Lipinski definition) is 6. The molecule has 1 aromatic carbocycles. The fourth-order valence-electron chi connectivity index (χ4n) is 2.13. The summed E-state index contributed by atoms with van der Waals surface area (Å²) in [5.41, 5.74) is 2.00. The molecule has 0 fully saturated rings. The molecule has 0 spiro atoms. The lowest BCUT2D eigenvalue weighted by Gasteiger charge is -2.20. The zero-order valence-electron chi connectivity index (χ0n) is 16.6. The number of hydrogen-bond donors (Lipinski definition) is 5. The van der Waals surface area contributed by atoms with E-state index in [2.05, 4.69) is 19.2 Å². The first-order valence-electron chi connectivity index (χ1n) is 8.94. The molecule has 0 aliphatic rings. The SMILES string of the molecule is CCC(CO)NCC(O)COc1cc(C)c(Cl)cc1C(C)C.O=C(O)C(=O)O. The molecule has 5 N–H and O–H groups in total. The van der Waals surface area contributed by atoms with Crippen LogP contribution < -0.4 is 10.1 Å². The van der Waals surface area contributed by atoms with E-state index >= 15 is 0 Å². The summed E-state index contributed by atoms with van der Waals surface area (Å²) in [7, 11) is 0. The second-order valence-electron chi connectivity index (χ2n) is 6.57. The van der Waals surface area contributed by atoms with Crippen LogP contribution in [0.4, 0.5) is 0 Å². The highest BCUT2D eigenvalue weighted by molar-refractivity contribution is 6.31. The fraction of sp³-hybridized carbons (Fsp3) is 0.579. The van der Waals surface area contributed by atoms with Crippen molar-refractivity contribution in [3.63, 3.8) is 0 Å². The zero-order valence-corrected chi connectivity index (χ0v) is 17.4. The van der Waals surface area contributed by atoms with E-state index in [4.69, 9.17) is 41.2 Å². The number of nitrogens with one attached hydrogen (secondary N) is 1. The number of carboxylic acids is 2. The van der Waals surface area contributed by atoms with E-state index in [0.717, 1.165) is 28.3 Å². The quantitative estimate of drug-likeness (QED) is 0.383. The van der Waals surface area contributed by atoms with Gasteiger partial charge in [0.25, 0.3) is 0 Å². The van der Waals surface area contributed by atoms with Crippen LogP contribution in [0.5, 0.6) is 5.75 Å². The summed E-state index contributed by atoms with van der Waals surface area (Å²) in [5, 5.41) is 37.7. The number of aliphatic hydroxyl groups excluding tert-OH is 2. The van der Waals surface area contributed by atoms with Crippen molar-refractivity contribution in [1.82, 2.24) is 5.32 Å². The maximum atomic E-state index is 10.0. The van der Waals surface area contributed by atoms with Gasteiger partial charge in [0.1, 0.15) is 18.5 Å². The second kappa shape index (κ2) is 13.3. The van der Waals surface area contributed by atoms with Gasteiger partial charge in [-0.1, -0.05) is 32.4 Å². The summed E-state index contributed by atoms with van der Waals surface area (Å²) in [5.74, 6) is -2.59. The van der Waals surface area contributed by atoms with Crippen molar-refractivity contribution < 1.29 is 34.8 Å². The molecule has 2 unspecified atom stereocenters. The number of ether oxygens (including phenoxy) is 1. The minimum atomic E-state index is -1.82. The number of aliphatic hydroxyl groups is 2. The van der Waals surface area contributed by atoms with Crippen LogP contribution in [0.15, 0.2) is 12.1 Å². The Bertz CT molecular complexity index is 621. The lowest BCUT2D eigenvalue weighted by atomic mass is 10.0. The highest BCUT2D eigenvalue weighted by Gasteiger charge is 2.14. The van der Waals surface area contributed by atoms with Crippen molar-refractivity contribution >= 4 is 23.5 Å². The van der Waals surface area contributed by atoms with E-state index in [-0.39, 0.29) is 19.3 Å². The molecule has 1 aromatic rings. The maximum Gasteiger partial charge on any atom is 0.414 e. The molecule has 1 rings (SSSR count). The van der Waals surface area contributed by atoms with E-state index in [1.807, 2.05) is 26.0 Å². The number of halogens is 1. The van der Waals surface area contributed by atoms with E-state index < -0.39 is 18.0 Å². The highest BCUT2D eigenvalue weighted by Crippen LogP contribution is 2.32. The van der Waals surface area contributed by atoms with E-state index in [0.29, 0.717) is 12.5 Å². The van der Waals surface area contributed by atoms with E-state index in [1.54, 1.807) is 0 Å². The normalized spacial score (nSPS) is 12.7. The van der Waals surface area contributed by atoms with Gasteiger partial charge in [0, 0.05) is 17.6 Å². The molecule has 9 heteroatoms. The largest absolute Gasteiger partial charge is 0.491 e. The van der Waals surface area contributed by atoms with Gasteiger partial charge in [-0.2, -0.15) is 0 Å². The first kappa shape index (κ1) is 26.1. The lowest BCUT2D eigenvalue weighted by Crippen LogP contribution is -2.39. The van der Waals surface area contributed by atoms with Gasteiger partial charge in [-0.3, -0.25) is 0 Å². The molecule has 0 bridgehead atoms. The van der Waals surface area contributed by atoms with Crippen molar-refractivity contribution in [2.45, 2.75) is 52.2 Å². The van der Waals surface area contributed by atoms with Crippen LogP contribution in [0, 0.1) is 6.92 Å². The smallest absolute Gasteiger partial charge is 0.414 e. The van der Waals surface area contributed by atoms with Gasteiger partial charge < -0.3 is 30.5 Å². The van der Waals surface area contributed by atoms with Crippen LogP contribution >= 0.6 is 11.6 Å². The minimum absolute atomic E-state index is 0.0126. The molecule has 0 saturated carbocycles. The summed E-state index contributed by atoms with van der Waals surface area (Å²) in [6.45, 7) is 8.75. The molecular weight excluding hydrogens is 390 g/mol. The van der Waals surface area contributed by atoms with Gasteiger partial charge in [0.05, 0.1) is 6.61 Å². The number of aryl methyl sites for hydroxylation is 1. The molecule has 0 heterocycles. The third-order valence-electron chi connectivity index (χ3n) is 3.88. The van der Waals surface area contributed by atoms with Crippen molar-refractivity contribution in [2.24, 2.45) is 0 Å². The van der Waals surface area contributed by atoms with Gasteiger partial charge in [-0.15, -0.1) is 0 Å². The average Bonchev–Trinajstić information content (AvgIpc) is 2.63. The Morgan fingerprint density at radius 3 is 2.21 bits per heavy atom. The molecule has 160 valence electrons. The van der Waals surface area contributed by atoms with E-state index in [1.165, 1.54) is 0 Å². The predicted octanol–water partition coefficient (Wildman–Crippen LogP) is 2.03. The Kier molecular flexibility index (Phi) is 12.4. The Morgan fingerprint density at radius 1 is 1.21 bits per heavy atom. The molecule has 8 nitrogen and oxygen atoms in total. The maximum absolute atomic E-state index is 10.0. The monoisotopic (exact) mass is 419 g/mol. The molecular formula is C19H30ClNO7. The summed E-state index contributed by atoms with van der Waals surface area (Å²) < 4.78 is 5.78. The van der Waals surface area contributed by atoms with Gasteiger partial charge in [-0.05, 0) is 42.5 Å². The van der Waals surface area contributed by atoms with Crippen molar-refractivity contribution in [1.29, 1.82) is 0 Å². The molecule has 0 saturated heterocycles. The van der Waals surface area contributed by atoms with E-state index in [9.17, 15) is 5.11 Å². The molecule has 0 amide bonds. The number of carbonyl (C=O) groups is 2. The van der Waals surface area contributed by atoms with Gasteiger partial charge in [0.2, 0.25) is 0 Å². The third kappa shape index (κ3) is 9.89. The van der Waals surface area contributed by atoms with Crippen molar-refractivity contribution in [3.8, 4) is 5.75 Å². The summed E-state index contributed by atoms with van der Waals surface area (Å²) >= 11 is 6.17. The molecule has 28 heavy (non-hydrogen) atoms. The standard InChI is InChI=1S/C17H28ClNO3.C2H2O4/c1-5-13(9-20)19-8-14(21)10-22-17-6-12(4)16(18)7-15(17)11(2)3;3-1(4)2(5)6/h6-7,11,13-14,19-21H,5,8-10H2,1-4H3;(H,3,4)(H,5,6). The Hall–Kier alpha value is -1.87. The third-order valence-corrected chi connectivity index (χ3v) is 4.29. The summed E-state index contributed by atoms with van der Waals surface area (Å²) in [4.78, 5) is 18.2. The summed E-state index contributed by atoms with van der Waals surface area (Å²) in [6, 6.07) is 3.86. The Morgan fingerprint density at radius 2 is 1.79 bits per heavy atom. The number of aliphatic carboxylic acids is 2. The molecule has 0 radical (unpaired) electrons. The Labute approximate surface area is 170 Å². The Balaban J connectivity index is 0.00000105. The predicted molar refractivity (Wildman–Crippen MR) is 106 cm³/mol. The minimum Gasteiger partial charge on any atom is -0.491 e. The van der Waals surface area contributed by atoms with Crippen LogP contribution in [0.1, 0.15) is 44.2 Å². The van der Waals surface area contributed by atoms with Crippen LogP contribution in [0.2, 0.25) is 5.02 Å². The van der Waals surface area contributed by atoms with Gasteiger partial charge in [0.15, 0.2) is 0 Å². The van der Waals surface area contributed by atoms with Crippen LogP contribution in [-0.2, 0) is 9.59 Å². The van der Waals surface area contributed by atoms with Crippen LogP contribution in [-0.4, -0.2) is 64.3 Å². The average molecular weight is 420 g/mol. The first-order valence-corrected chi connectivity index (χ1v) is 9.32. The molecule has 2 atom stereocenters. The topological polar surface area (TPSA) is 136 Å². The van der Waals surface area contributed by atoms with Crippen molar-refractivity contribution in [3.05, 3.63) is 28.3 Å². The second-order valence-corrected chi connectivity index (χ2v) is 6.97. The van der Waals surface area contributed by atoms with Crippen LogP contribution in [0.3, 0.4) is 0 Å². The number of benzene rings is 1. The van der Waals surface area contributed by atoms with Crippen molar-refractivity contribution in [2.75, 3.05) is 19.8 Å². The zero-order chi connectivity index (χ0) is 21.9. The number of carboxylic acid groups (broad SMARTS) is 2. The molecule has 0 aliphatic heterocycles. The fourth-order valence-corrected chi connectivity index (χ4v) is 2.30. The highest BCUT2D eigenvalue weighted by atomic mass is 35.5. The molecule has 0 aromatic heterocycles. The first-order chi connectivity index (χ1) is 13.0. The summed E-state index contributed by atoms with van der Waals surface area (Å²) in [6.07, 6.45) is 0.189. The van der Waals surface area contributed by atoms with Crippen LogP contribution in [0.25, 0.3) is 0 Å². The number of rotatable bonds is 9. The molecule has 0 aliphatic carbocycles.